The summed E-state index contributed by atoms with van der Waals surface area (Å²) in [6.07, 6.45) is -0.0310. The fourth-order valence-corrected chi connectivity index (χ4v) is 5.52. The van der Waals surface area contributed by atoms with E-state index in [1.165, 1.54) is 23.4 Å². The van der Waals surface area contributed by atoms with Crippen molar-refractivity contribution < 1.29 is 31.9 Å². The van der Waals surface area contributed by atoms with Crippen molar-refractivity contribution >= 4 is 27.5 Å². The van der Waals surface area contributed by atoms with Gasteiger partial charge in [0, 0.05) is 6.42 Å². The molecule has 1 heterocycles. The molecule has 0 spiro atoms. The van der Waals surface area contributed by atoms with Gasteiger partial charge in [0.2, 0.25) is 0 Å². The number of carbonyl (C=O) groups is 2. The Kier molecular flexibility index (Phi) is 7.35. The summed E-state index contributed by atoms with van der Waals surface area (Å²) in [5.41, 5.74) is 0.187. The van der Waals surface area contributed by atoms with Crippen molar-refractivity contribution in [3.8, 4) is 5.75 Å². The second-order valence-corrected chi connectivity index (χ2v) is 11.3. The molecule has 0 aromatic heterocycles. The molecule has 9 heteroatoms. The zero-order valence-electron chi connectivity index (χ0n) is 20.0. The van der Waals surface area contributed by atoms with Crippen molar-refractivity contribution in [2.24, 2.45) is 0 Å². The molecule has 0 saturated carbocycles. The number of benzene rings is 2. The summed E-state index contributed by atoms with van der Waals surface area (Å²) in [6, 6.07) is 8.84. The van der Waals surface area contributed by atoms with Crippen molar-refractivity contribution in [2.75, 3.05) is 4.31 Å². The van der Waals surface area contributed by atoms with Crippen LogP contribution in [0.15, 0.2) is 47.4 Å². The van der Waals surface area contributed by atoms with Crippen molar-refractivity contribution in [2.45, 2.75) is 76.5 Å². The molecule has 0 aliphatic carbocycles. The van der Waals surface area contributed by atoms with E-state index < -0.39 is 39.6 Å². The van der Waals surface area contributed by atoms with Crippen LogP contribution in [0, 0.1) is 5.82 Å². The van der Waals surface area contributed by atoms with Crippen LogP contribution in [-0.2, 0) is 30.8 Å². The van der Waals surface area contributed by atoms with Crippen LogP contribution in [-0.4, -0.2) is 37.9 Å². The number of hydrogen-bond donors (Lipinski definition) is 0. The van der Waals surface area contributed by atoms with Gasteiger partial charge in [0.25, 0.3) is 10.0 Å². The number of ketones is 1. The van der Waals surface area contributed by atoms with Crippen LogP contribution in [0.2, 0.25) is 0 Å². The first-order valence-corrected chi connectivity index (χ1v) is 12.5. The van der Waals surface area contributed by atoms with Gasteiger partial charge < -0.3 is 14.3 Å². The lowest BCUT2D eigenvalue weighted by atomic mass is 10.0. The maximum atomic E-state index is 13.7. The summed E-state index contributed by atoms with van der Waals surface area (Å²) in [5, 5.41) is 0. The predicted octanol–water partition coefficient (Wildman–Crippen LogP) is 4.42. The van der Waals surface area contributed by atoms with Crippen molar-refractivity contribution in [3.05, 3.63) is 53.8 Å². The fraction of sp³-hybridized carbons (Fsp3) is 0.440. The third kappa shape index (κ3) is 5.94. The van der Waals surface area contributed by atoms with Crippen LogP contribution in [0.1, 0.15) is 53.0 Å². The number of esters is 1. The number of nitrogens with zero attached hydrogens (tertiary/aromatic N) is 1. The predicted molar refractivity (Wildman–Crippen MR) is 126 cm³/mol. The number of anilines is 1. The van der Waals surface area contributed by atoms with E-state index in [4.69, 9.17) is 9.47 Å². The SMILES string of the molecule is CC(=O)CC[C@H]1Oc2ccc(CC(=O)OC(C)(C)C)cc2N(S(=O)(=O)c2ccc(F)cc2)[C@@H]1C. The van der Waals surface area contributed by atoms with Crippen LogP contribution in [0.3, 0.4) is 0 Å². The molecule has 1 aliphatic rings. The molecule has 2 atom stereocenters. The van der Waals surface area contributed by atoms with E-state index in [9.17, 15) is 22.4 Å². The highest BCUT2D eigenvalue weighted by Gasteiger charge is 2.40. The minimum atomic E-state index is -4.10. The average molecular weight is 492 g/mol. The van der Waals surface area contributed by atoms with Gasteiger partial charge in [-0.3, -0.25) is 9.10 Å². The number of sulfonamides is 1. The highest BCUT2D eigenvalue weighted by molar-refractivity contribution is 7.92. The van der Waals surface area contributed by atoms with Gasteiger partial charge in [0.15, 0.2) is 0 Å². The van der Waals surface area contributed by atoms with Crippen LogP contribution in [0.25, 0.3) is 0 Å². The van der Waals surface area contributed by atoms with Gasteiger partial charge in [-0.25, -0.2) is 12.8 Å². The third-order valence-electron chi connectivity index (χ3n) is 5.37. The highest BCUT2D eigenvalue weighted by atomic mass is 32.2. The molecule has 3 rings (SSSR count). The maximum absolute atomic E-state index is 13.7. The number of ether oxygens (including phenoxy) is 2. The Balaban J connectivity index is 2.04. The Morgan fingerprint density at radius 3 is 2.35 bits per heavy atom. The van der Waals surface area contributed by atoms with E-state index in [1.807, 2.05) is 0 Å². The zero-order valence-corrected chi connectivity index (χ0v) is 20.8. The Morgan fingerprint density at radius 1 is 1.12 bits per heavy atom. The lowest BCUT2D eigenvalue weighted by molar-refractivity contribution is -0.153. The molecule has 0 radical (unpaired) electrons. The normalized spacial score (nSPS) is 18.1. The van der Waals surface area contributed by atoms with Crippen LogP contribution >= 0.6 is 0 Å². The zero-order chi connectivity index (χ0) is 25.3. The summed E-state index contributed by atoms with van der Waals surface area (Å²) in [5.74, 6) is -0.689. The first-order chi connectivity index (χ1) is 15.8. The minimum Gasteiger partial charge on any atom is -0.486 e. The average Bonchev–Trinajstić information content (AvgIpc) is 2.71. The first-order valence-electron chi connectivity index (χ1n) is 11.1. The fourth-order valence-electron chi connectivity index (χ4n) is 3.84. The molecule has 0 N–H and O–H groups in total. The molecule has 184 valence electrons. The molecule has 1 aliphatic heterocycles. The molecule has 0 bridgehead atoms. The van der Waals surface area contributed by atoms with E-state index in [-0.39, 0.29) is 29.2 Å². The maximum Gasteiger partial charge on any atom is 0.310 e. The molecule has 7 nitrogen and oxygen atoms in total. The Bertz CT molecular complexity index is 1170. The number of halogens is 1. The molecule has 0 unspecified atom stereocenters. The molecule has 2 aromatic rings. The van der Waals surface area contributed by atoms with E-state index in [0.717, 1.165) is 12.1 Å². The molecular formula is C25H30FNO6S. The van der Waals surface area contributed by atoms with Gasteiger partial charge in [0.1, 0.15) is 29.1 Å². The third-order valence-corrected chi connectivity index (χ3v) is 7.28. The molecule has 0 fully saturated rings. The molecule has 2 aromatic carbocycles. The molecular weight excluding hydrogens is 461 g/mol. The van der Waals surface area contributed by atoms with Crippen LogP contribution < -0.4 is 9.04 Å². The van der Waals surface area contributed by atoms with E-state index in [1.54, 1.807) is 45.9 Å². The smallest absolute Gasteiger partial charge is 0.310 e. The van der Waals surface area contributed by atoms with Gasteiger partial charge in [0.05, 0.1) is 23.0 Å². The molecule has 34 heavy (non-hydrogen) atoms. The Labute approximate surface area is 199 Å². The summed E-state index contributed by atoms with van der Waals surface area (Å²) >= 11 is 0. The Hall–Kier alpha value is -2.94. The van der Waals surface area contributed by atoms with Gasteiger partial charge in [-0.15, -0.1) is 0 Å². The van der Waals surface area contributed by atoms with Crippen molar-refractivity contribution in [3.63, 3.8) is 0 Å². The largest absolute Gasteiger partial charge is 0.486 e. The van der Waals surface area contributed by atoms with E-state index in [2.05, 4.69) is 0 Å². The molecule has 0 amide bonds. The van der Waals surface area contributed by atoms with Crippen molar-refractivity contribution in [1.82, 2.24) is 0 Å². The minimum absolute atomic E-state index is 0.0257. The number of carbonyl (C=O) groups excluding carboxylic acids is 2. The number of fused-ring (bicyclic) bond motifs is 1. The monoisotopic (exact) mass is 491 g/mol. The number of Topliss-reactive ketones (excluding diaryl/α,β-unsaturated/α-hetero) is 1. The quantitative estimate of drug-likeness (QED) is 0.533. The standard InChI is InChI=1S/C25H30FNO6S/c1-16(28)6-12-22-17(2)27(34(30,31)20-10-8-19(26)9-11-20)21-14-18(7-13-23(21)32-22)15-24(29)33-25(3,4)5/h7-11,13-14,17,22H,6,12,15H2,1-5H3/t17-,22-/m1/s1. The van der Waals surface area contributed by atoms with E-state index in [0.29, 0.717) is 17.7 Å². The lowest BCUT2D eigenvalue weighted by Crippen LogP contribution is -2.50. The van der Waals surface area contributed by atoms with Gasteiger partial charge in [-0.1, -0.05) is 6.07 Å². The number of hydrogen-bond acceptors (Lipinski definition) is 6. The van der Waals surface area contributed by atoms with Crippen molar-refractivity contribution in [1.29, 1.82) is 0 Å². The van der Waals surface area contributed by atoms with Gasteiger partial charge in [-0.05, 0) is 83.0 Å². The van der Waals surface area contributed by atoms with Crippen LogP contribution in [0.4, 0.5) is 10.1 Å². The van der Waals surface area contributed by atoms with Gasteiger partial charge in [-0.2, -0.15) is 0 Å². The van der Waals surface area contributed by atoms with E-state index >= 15 is 0 Å². The second-order valence-electron chi connectivity index (χ2n) is 9.46. The first kappa shape index (κ1) is 25.7. The number of rotatable bonds is 7. The summed E-state index contributed by atoms with van der Waals surface area (Å²) < 4.78 is 53.5. The lowest BCUT2D eigenvalue weighted by Gasteiger charge is -2.41. The summed E-state index contributed by atoms with van der Waals surface area (Å²) in [7, 11) is -4.10. The van der Waals surface area contributed by atoms with Gasteiger partial charge >= 0.3 is 5.97 Å². The summed E-state index contributed by atoms with van der Waals surface area (Å²) in [4.78, 5) is 23.8. The highest BCUT2D eigenvalue weighted by Crippen LogP contribution is 2.41. The Morgan fingerprint density at radius 2 is 1.76 bits per heavy atom. The topological polar surface area (TPSA) is 90.0 Å². The second kappa shape index (κ2) is 9.74. The van der Waals surface area contributed by atoms with Crippen LogP contribution in [0.5, 0.6) is 5.75 Å². The molecule has 0 saturated heterocycles. The summed E-state index contributed by atoms with van der Waals surface area (Å²) in [6.45, 7) is 8.48.